The molecule has 0 amide bonds. The lowest BCUT2D eigenvalue weighted by molar-refractivity contribution is 0.658. The maximum atomic E-state index is 8.19. The van der Waals surface area contributed by atoms with E-state index in [9.17, 15) is 0 Å². The summed E-state index contributed by atoms with van der Waals surface area (Å²) in [4.78, 5) is 2.74. The summed E-state index contributed by atoms with van der Waals surface area (Å²) in [6.07, 6.45) is 3.61. The van der Waals surface area contributed by atoms with Gasteiger partial charge >= 0.3 is 0 Å². The molecule has 0 aliphatic carbocycles. The van der Waals surface area contributed by atoms with Crippen molar-refractivity contribution < 1.29 is 0 Å². The molecule has 0 unspecified atom stereocenters. The third-order valence-corrected chi connectivity index (χ3v) is 1.68. The number of hydrogen-bond acceptors (Lipinski definition) is 2. The molecule has 64 valence electrons. The van der Waals surface area contributed by atoms with Crippen LogP contribution in [0.3, 0.4) is 0 Å². The van der Waals surface area contributed by atoms with E-state index in [0.29, 0.717) is 0 Å². The Balaban J connectivity index is 2.81. The van der Waals surface area contributed by atoms with E-state index in [1.165, 1.54) is 0 Å². The van der Waals surface area contributed by atoms with Crippen LogP contribution in [0.1, 0.15) is 25.5 Å². The first-order valence-electron chi connectivity index (χ1n) is 3.84. The molecule has 0 fully saturated rings. The number of nitrogens with zero attached hydrogens (tertiary/aromatic N) is 5. The minimum absolute atomic E-state index is 0.129. The quantitative estimate of drug-likeness (QED) is 0.385. The van der Waals surface area contributed by atoms with E-state index in [0.717, 1.165) is 12.1 Å². The van der Waals surface area contributed by atoms with Crippen LogP contribution in [-0.2, 0) is 6.54 Å². The van der Waals surface area contributed by atoms with Gasteiger partial charge in [0.05, 0.1) is 12.2 Å². The first-order valence-corrected chi connectivity index (χ1v) is 3.84. The monoisotopic (exact) mass is 165 g/mol. The van der Waals surface area contributed by atoms with Crippen molar-refractivity contribution in [3.63, 3.8) is 0 Å². The lowest BCUT2D eigenvalue weighted by Crippen LogP contribution is -1.92. The highest BCUT2D eigenvalue weighted by atomic mass is 15.3. The fourth-order valence-corrected chi connectivity index (χ4v) is 0.912. The van der Waals surface area contributed by atoms with E-state index < -0.39 is 0 Å². The van der Waals surface area contributed by atoms with Crippen molar-refractivity contribution in [2.24, 2.45) is 5.11 Å². The summed E-state index contributed by atoms with van der Waals surface area (Å²) in [7, 11) is 0. The van der Waals surface area contributed by atoms with Crippen molar-refractivity contribution in [1.29, 1.82) is 0 Å². The molecule has 0 saturated heterocycles. The van der Waals surface area contributed by atoms with Gasteiger partial charge in [0.25, 0.3) is 0 Å². The van der Waals surface area contributed by atoms with E-state index in [4.69, 9.17) is 5.53 Å². The second kappa shape index (κ2) is 3.78. The molecule has 0 N–H and O–H groups in total. The molecule has 0 spiro atoms. The summed E-state index contributed by atoms with van der Waals surface area (Å²) in [5.74, 6) is 0. The van der Waals surface area contributed by atoms with Gasteiger partial charge in [0.2, 0.25) is 0 Å². The fourth-order valence-electron chi connectivity index (χ4n) is 0.912. The number of aromatic nitrogens is 2. The molecule has 1 heterocycles. The van der Waals surface area contributed by atoms with Gasteiger partial charge in [-0.05, 0) is 18.0 Å². The highest BCUT2D eigenvalue weighted by Gasteiger charge is 2.04. The van der Waals surface area contributed by atoms with Crippen LogP contribution in [0.25, 0.3) is 10.4 Å². The van der Waals surface area contributed by atoms with Crippen LogP contribution >= 0.6 is 0 Å². The molecule has 12 heavy (non-hydrogen) atoms. The summed E-state index contributed by atoms with van der Waals surface area (Å²) >= 11 is 0. The smallest absolute Gasteiger partial charge is 0.0627 e. The average Bonchev–Trinajstić information content (AvgIpc) is 2.52. The second-order valence-electron chi connectivity index (χ2n) is 2.51. The topological polar surface area (TPSA) is 66.6 Å². The Morgan fingerprint density at radius 2 is 2.58 bits per heavy atom. The van der Waals surface area contributed by atoms with Crippen LogP contribution in [0.4, 0.5) is 0 Å². The molecule has 1 atom stereocenters. The van der Waals surface area contributed by atoms with Gasteiger partial charge in [-0.3, -0.25) is 4.68 Å². The number of rotatable bonds is 3. The lowest BCUT2D eigenvalue weighted by atomic mass is 10.2. The minimum atomic E-state index is -0.129. The van der Waals surface area contributed by atoms with Crippen molar-refractivity contribution >= 4 is 0 Å². The van der Waals surface area contributed by atoms with Crippen LogP contribution < -0.4 is 0 Å². The van der Waals surface area contributed by atoms with Gasteiger partial charge in [-0.2, -0.15) is 5.10 Å². The molecule has 1 aromatic rings. The molecular weight excluding hydrogens is 154 g/mol. The molecule has 5 heteroatoms. The lowest BCUT2D eigenvalue weighted by Gasteiger charge is -1.97. The van der Waals surface area contributed by atoms with Crippen molar-refractivity contribution in [2.45, 2.75) is 26.4 Å². The third-order valence-electron chi connectivity index (χ3n) is 1.68. The van der Waals surface area contributed by atoms with E-state index in [2.05, 4.69) is 15.1 Å². The van der Waals surface area contributed by atoms with E-state index >= 15 is 0 Å². The van der Waals surface area contributed by atoms with E-state index in [1.54, 1.807) is 10.9 Å². The maximum Gasteiger partial charge on any atom is 0.0627 e. The molecule has 5 nitrogen and oxygen atoms in total. The molecular formula is C7H11N5. The van der Waals surface area contributed by atoms with Gasteiger partial charge < -0.3 is 0 Å². The third kappa shape index (κ3) is 1.77. The van der Waals surface area contributed by atoms with Crippen LogP contribution in [0, 0.1) is 0 Å². The largest absolute Gasteiger partial charge is 0.273 e. The molecule has 0 saturated carbocycles. The number of hydrogen-bond donors (Lipinski definition) is 0. The minimum Gasteiger partial charge on any atom is -0.273 e. The van der Waals surface area contributed by atoms with E-state index in [-0.39, 0.29) is 6.04 Å². The highest BCUT2D eigenvalue weighted by Crippen LogP contribution is 2.14. The Morgan fingerprint density at radius 3 is 3.08 bits per heavy atom. The fraction of sp³-hybridized carbons (Fsp3) is 0.571. The van der Waals surface area contributed by atoms with Gasteiger partial charge in [-0.1, -0.05) is 12.0 Å². The molecule has 0 radical (unpaired) electrons. The normalized spacial score (nSPS) is 12.2. The Labute approximate surface area is 70.6 Å². The zero-order valence-electron chi connectivity index (χ0n) is 7.18. The summed E-state index contributed by atoms with van der Waals surface area (Å²) in [5.41, 5.74) is 9.15. The number of azide groups is 1. The van der Waals surface area contributed by atoms with Crippen LogP contribution in [-0.4, -0.2) is 9.78 Å². The highest BCUT2D eigenvalue weighted by molar-refractivity contribution is 5.09. The van der Waals surface area contributed by atoms with Crippen molar-refractivity contribution in [2.75, 3.05) is 0 Å². The first-order chi connectivity index (χ1) is 5.77. The maximum absolute atomic E-state index is 8.19. The molecule has 1 rings (SSSR count). The Bertz CT molecular complexity index is 297. The summed E-state index contributed by atoms with van der Waals surface area (Å²) in [6, 6.07) is -0.129. The van der Waals surface area contributed by atoms with Crippen LogP contribution in [0.5, 0.6) is 0 Å². The van der Waals surface area contributed by atoms with E-state index in [1.807, 2.05) is 20.0 Å². The summed E-state index contributed by atoms with van der Waals surface area (Å²) < 4.78 is 1.80. The molecule has 0 aromatic carbocycles. The Kier molecular flexibility index (Phi) is 2.71. The zero-order chi connectivity index (χ0) is 8.97. The summed E-state index contributed by atoms with van der Waals surface area (Å²) in [6.45, 7) is 4.69. The van der Waals surface area contributed by atoms with Gasteiger partial charge in [0.1, 0.15) is 0 Å². The zero-order valence-corrected chi connectivity index (χ0v) is 7.18. The van der Waals surface area contributed by atoms with Gasteiger partial charge in [0.15, 0.2) is 0 Å². The first kappa shape index (κ1) is 8.62. The average molecular weight is 165 g/mol. The Hall–Kier alpha value is -1.48. The number of aryl methyl sites for hydroxylation is 1. The predicted molar refractivity (Wildman–Crippen MR) is 45.5 cm³/mol. The van der Waals surface area contributed by atoms with Crippen LogP contribution in [0.2, 0.25) is 0 Å². The van der Waals surface area contributed by atoms with Crippen LogP contribution in [0.15, 0.2) is 17.5 Å². The Morgan fingerprint density at radius 1 is 1.83 bits per heavy atom. The second-order valence-corrected chi connectivity index (χ2v) is 2.51. The van der Waals surface area contributed by atoms with Gasteiger partial charge in [-0.25, -0.2) is 0 Å². The van der Waals surface area contributed by atoms with Gasteiger partial charge in [0, 0.05) is 17.7 Å². The molecule has 1 aromatic heterocycles. The SMILES string of the molecule is CCn1cc([C@H](C)N=[N+]=[N-])cn1. The standard InChI is InChI=1S/C7H11N5/c1-3-12-5-7(4-9-12)6(2)10-11-8/h4-6H,3H2,1-2H3/t6-/m0/s1. The summed E-state index contributed by atoms with van der Waals surface area (Å²) in [5, 5.41) is 7.64. The molecule has 0 aliphatic rings. The molecule has 0 bridgehead atoms. The van der Waals surface area contributed by atoms with Crippen molar-refractivity contribution in [3.8, 4) is 0 Å². The molecule has 0 aliphatic heterocycles. The van der Waals surface area contributed by atoms with Crippen molar-refractivity contribution in [1.82, 2.24) is 9.78 Å². The van der Waals surface area contributed by atoms with Crippen molar-refractivity contribution in [3.05, 3.63) is 28.4 Å². The van der Waals surface area contributed by atoms with Gasteiger partial charge in [-0.15, -0.1) is 0 Å². The predicted octanol–water partition coefficient (Wildman–Crippen LogP) is 2.27.